The standard InChI is InChI=1S/C23H21ClN2O3S/c1-15-4-7-17(8-5-15)26-21(27)11-9-18(22(26)19-3-2-12-30-19)23(28)29-14-16-6-10-20(24)25-13-16/h2-8,10,12-13,18,22H,9,11,14H2,1H3. The molecule has 0 N–H and O–H groups in total. The summed E-state index contributed by atoms with van der Waals surface area (Å²) in [4.78, 5) is 32.7. The van der Waals surface area contributed by atoms with E-state index in [9.17, 15) is 9.59 Å². The second-order valence-electron chi connectivity index (χ2n) is 7.30. The maximum Gasteiger partial charge on any atom is 0.311 e. The van der Waals surface area contributed by atoms with E-state index in [1.807, 2.05) is 48.7 Å². The number of amides is 1. The summed E-state index contributed by atoms with van der Waals surface area (Å²) in [5.74, 6) is -0.737. The van der Waals surface area contributed by atoms with Crippen LogP contribution in [0.3, 0.4) is 0 Å². The number of halogens is 1. The summed E-state index contributed by atoms with van der Waals surface area (Å²) >= 11 is 7.36. The van der Waals surface area contributed by atoms with Crippen molar-refractivity contribution in [1.82, 2.24) is 4.98 Å². The number of ether oxygens (including phenoxy) is 1. The number of hydrogen-bond acceptors (Lipinski definition) is 5. The average molecular weight is 441 g/mol. The van der Waals surface area contributed by atoms with Gasteiger partial charge in [-0.25, -0.2) is 4.98 Å². The van der Waals surface area contributed by atoms with Crippen molar-refractivity contribution in [3.8, 4) is 0 Å². The highest BCUT2D eigenvalue weighted by Gasteiger charge is 2.42. The lowest BCUT2D eigenvalue weighted by Crippen LogP contribution is -2.45. The highest BCUT2D eigenvalue weighted by Crippen LogP contribution is 2.42. The van der Waals surface area contributed by atoms with Gasteiger partial charge < -0.3 is 9.64 Å². The number of aromatic nitrogens is 1. The van der Waals surface area contributed by atoms with Gasteiger partial charge in [-0.2, -0.15) is 0 Å². The summed E-state index contributed by atoms with van der Waals surface area (Å²) in [5, 5.41) is 2.35. The first-order chi connectivity index (χ1) is 14.5. The molecule has 0 saturated carbocycles. The molecule has 0 bridgehead atoms. The lowest BCUT2D eigenvalue weighted by molar-refractivity contribution is -0.152. The Morgan fingerprint density at radius 1 is 1.23 bits per heavy atom. The van der Waals surface area contributed by atoms with Crippen molar-refractivity contribution in [1.29, 1.82) is 0 Å². The molecule has 1 aromatic carbocycles. The molecule has 0 spiro atoms. The minimum absolute atomic E-state index is 0.0169. The van der Waals surface area contributed by atoms with Crippen LogP contribution in [0.25, 0.3) is 0 Å². The average Bonchev–Trinajstić information content (AvgIpc) is 3.28. The molecule has 5 nitrogen and oxygen atoms in total. The third kappa shape index (κ3) is 4.40. The zero-order valence-corrected chi connectivity index (χ0v) is 18.0. The van der Waals surface area contributed by atoms with E-state index in [4.69, 9.17) is 16.3 Å². The van der Waals surface area contributed by atoms with E-state index in [-0.39, 0.29) is 24.5 Å². The molecule has 154 valence electrons. The molecule has 1 aliphatic heterocycles. The predicted molar refractivity (Wildman–Crippen MR) is 117 cm³/mol. The van der Waals surface area contributed by atoms with Crippen molar-refractivity contribution in [2.24, 2.45) is 5.92 Å². The quantitative estimate of drug-likeness (QED) is 0.397. The van der Waals surface area contributed by atoms with Gasteiger partial charge in [-0.1, -0.05) is 41.4 Å². The first-order valence-electron chi connectivity index (χ1n) is 9.72. The molecule has 3 heterocycles. The molecule has 4 rings (SSSR count). The van der Waals surface area contributed by atoms with Crippen molar-refractivity contribution in [3.05, 3.63) is 81.3 Å². The van der Waals surface area contributed by atoms with Gasteiger partial charge in [0.15, 0.2) is 0 Å². The van der Waals surface area contributed by atoms with Gasteiger partial charge in [0, 0.05) is 28.7 Å². The topological polar surface area (TPSA) is 59.5 Å². The Labute approximate surface area is 184 Å². The summed E-state index contributed by atoms with van der Waals surface area (Å²) in [6, 6.07) is 14.8. The Bertz CT molecular complexity index is 1020. The van der Waals surface area contributed by atoms with Crippen LogP contribution in [-0.2, 0) is 20.9 Å². The minimum Gasteiger partial charge on any atom is -0.460 e. The number of thiophene rings is 1. The van der Waals surface area contributed by atoms with E-state index < -0.39 is 5.92 Å². The van der Waals surface area contributed by atoms with E-state index in [2.05, 4.69) is 4.98 Å². The lowest BCUT2D eigenvalue weighted by Gasteiger charge is -2.39. The summed E-state index contributed by atoms with van der Waals surface area (Å²) < 4.78 is 5.62. The number of aryl methyl sites for hydroxylation is 1. The number of rotatable bonds is 5. The Morgan fingerprint density at radius 3 is 2.70 bits per heavy atom. The Balaban J connectivity index is 1.60. The summed E-state index contributed by atoms with van der Waals surface area (Å²) in [5.41, 5.74) is 2.68. The fraction of sp³-hybridized carbons (Fsp3) is 0.261. The minimum atomic E-state index is -0.442. The van der Waals surface area contributed by atoms with Crippen LogP contribution in [0, 0.1) is 12.8 Å². The zero-order chi connectivity index (χ0) is 21.1. The SMILES string of the molecule is Cc1ccc(N2C(=O)CCC(C(=O)OCc3ccc(Cl)nc3)C2c2cccs2)cc1. The monoisotopic (exact) mass is 440 g/mol. The molecule has 0 aliphatic carbocycles. The van der Waals surface area contributed by atoms with Crippen LogP contribution in [0.1, 0.15) is 34.9 Å². The van der Waals surface area contributed by atoms with Gasteiger partial charge >= 0.3 is 5.97 Å². The number of hydrogen-bond donors (Lipinski definition) is 0. The summed E-state index contributed by atoms with van der Waals surface area (Å²) in [6.45, 7) is 2.12. The first-order valence-corrected chi connectivity index (χ1v) is 11.0. The van der Waals surface area contributed by atoms with E-state index >= 15 is 0 Å². The van der Waals surface area contributed by atoms with Crippen molar-refractivity contribution in [2.75, 3.05) is 4.90 Å². The zero-order valence-electron chi connectivity index (χ0n) is 16.5. The molecule has 1 amide bonds. The maximum atomic E-state index is 13.1. The van der Waals surface area contributed by atoms with Gasteiger partial charge in [-0.3, -0.25) is 9.59 Å². The van der Waals surface area contributed by atoms with Crippen LogP contribution < -0.4 is 4.90 Å². The van der Waals surface area contributed by atoms with E-state index in [0.29, 0.717) is 18.0 Å². The largest absolute Gasteiger partial charge is 0.460 e. The van der Waals surface area contributed by atoms with E-state index in [1.165, 1.54) is 0 Å². The Morgan fingerprint density at radius 2 is 2.03 bits per heavy atom. The van der Waals surface area contributed by atoms with Crippen molar-refractivity contribution in [2.45, 2.75) is 32.4 Å². The molecule has 2 unspecified atom stereocenters. The number of carbonyl (C=O) groups excluding carboxylic acids is 2. The van der Waals surface area contributed by atoms with Gasteiger partial charge in [0.1, 0.15) is 11.8 Å². The molecule has 2 atom stereocenters. The number of pyridine rings is 1. The summed E-state index contributed by atoms with van der Waals surface area (Å²) in [6.07, 6.45) is 2.36. The number of nitrogens with zero attached hydrogens (tertiary/aromatic N) is 2. The van der Waals surface area contributed by atoms with Crippen LogP contribution in [0.15, 0.2) is 60.1 Å². The fourth-order valence-corrected chi connectivity index (χ4v) is 4.68. The normalized spacial score (nSPS) is 19.0. The molecule has 2 aromatic heterocycles. The van der Waals surface area contributed by atoms with Crippen molar-refractivity contribution in [3.63, 3.8) is 0 Å². The second-order valence-corrected chi connectivity index (χ2v) is 8.67. The predicted octanol–water partition coefficient (Wildman–Crippen LogP) is 5.33. The third-order valence-corrected chi connectivity index (χ3v) is 6.38. The Hall–Kier alpha value is -2.70. The molecule has 1 fully saturated rings. The van der Waals surface area contributed by atoms with Crippen LogP contribution in [0.4, 0.5) is 5.69 Å². The number of esters is 1. The molecular formula is C23H21ClN2O3S. The fourth-order valence-electron chi connectivity index (χ4n) is 3.69. The number of piperidine rings is 1. The maximum absolute atomic E-state index is 13.1. The lowest BCUT2D eigenvalue weighted by atomic mass is 9.87. The van der Waals surface area contributed by atoms with Gasteiger partial charge in [0.25, 0.3) is 0 Å². The van der Waals surface area contributed by atoms with Crippen molar-refractivity contribution >= 4 is 40.5 Å². The Kier molecular flexibility index (Phi) is 6.16. The molecular weight excluding hydrogens is 420 g/mol. The van der Waals surface area contributed by atoms with Gasteiger partial charge in [0.05, 0.1) is 12.0 Å². The number of carbonyl (C=O) groups is 2. The van der Waals surface area contributed by atoms with E-state index in [1.54, 1.807) is 34.6 Å². The summed E-state index contributed by atoms with van der Waals surface area (Å²) in [7, 11) is 0. The van der Waals surface area contributed by atoms with Gasteiger partial charge in [-0.05, 0) is 43.0 Å². The van der Waals surface area contributed by atoms with Gasteiger partial charge in [-0.15, -0.1) is 11.3 Å². The van der Waals surface area contributed by atoms with Crippen molar-refractivity contribution < 1.29 is 14.3 Å². The highest BCUT2D eigenvalue weighted by molar-refractivity contribution is 7.10. The van der Waals surface area contributed by atoms with Crippen LogP contribution in [-0.4, -0.2) is 16.9 Å². The second kappa shape index (κ2) is 8.98. The number of anilines is 1. The first kappa shape index (κ1) is 20.6. The molecule has 30 heavy (non-hydrogen) atoms. The molecule has 1 saturated heterocycles. The highest BCUT2D eigenvalue weighted by atomic mass is 35.5. The molecule has 3 aromatic rings. The van der Waals surface area contributed by atoms with Crippen LogP contribution >= 0.6 is 22.9 Å². The smallest absolute Gasteiger partial charge is 0.311 e. The van der Waals surface area contributed by atoms with Crippen LogP contribution in [0.2, 0.25) is 5.15 Å². The molecule has 0 radical (unpaired) electrons. The molecule has 1 aliphatic rings. The number of benzene rings is 1. The third-order valence-electron chi connectivity index (χ3n) is 5.22. The van der Waals surface area contributed by atoms with E-state index in [0.717, 1.165) is 21.7 Å². The van der Waals surface area contributed by atoms with Crippen LogP contribution in [0.5, 0.6) is 0 Å². The van der Waals surface area contributed by atoms with Gasteiger partial charge in [0.2, 0.25) is 5.91 Å². The molecule has 7 heteroatoms.